The number of nitrogens with zero attached hydrogens (tertiary/aromatic N) is 2. The van der Waals surface area contributed by atoms with Crippen LogP contribution >= 0.6 is 11.8 Å². The standard InChI is InChI=1S/C12H12N2O2S/c15-11-10-7-17-8-14(10)12(16)13(11)6-9-4-2-1-3-5-9/h1-5,10H,6-8H2/t10-/m0/s1. The minimum absolute atomic E-state index is 0.0520. The van der Waals surface area contributed by atoms with Crippen LogP contribution in [0.3, 0.4) is 0 Å². The average molecular weight is 248 g/mol. The van der Waals surface area contributed by atoms with E-state index in [2.05, 4.69) is 0 Å². The molecule has 3 rings (SSSR count). The molecular formula is C12H12N2O2S. The van der Waals surface area contributed by atoms with Crippen LogP contribution in [0, 0.1) is 0 Å². The summed E-state index contributed by atoms with van der Waals surface area (Å²) in [7, 11) is 0. The maximum Gasteiger partial charge on any atom is 0.328 e. The number of hydrogen-bond acceptors (Lipinski definition) is 3. The summed E-state index contributed by atoms with van der Waals surface area (Å²) in [5.74, 6) is 1.32. The Morgan fingerprint density at radius 2 is 2.00 bits per heavy atom. The molecular weight excluding hydrogens is 236 g/mol. The molecule has 2 fully saturated rings. The highest BCUT2D eigenvalue weighted by Crippen LogP contribution is 2.30. The lowest BCUT2D eigenvalue weighted by atomic mass is 10.2. The topological polar surface area (TPSA) is 40.6 Å². The van der Waals surface area contributed by atoms with Crippen molar-refractivity contribution in [3.63, 3.8) is 0 Å². The van der Waals surface area contributed by atoms with Crippen molar-refractivity contribution in [2.75, 3.05) is 11.6 Å². The van der Waals surface area contributed by atoms with E-state index in [0.717, 1.165) is 11.3 Å². The van der Waals surface area contributed by atoms with Gasteiger partial charge in [0.15, 0.2) is 0 Å². The van der Waals surface area contributed by atoms with Crippen LogP contribution < -0.4 is 0 Å². The summed E-state index contributed by atoms with van der Waals surface area (Å²) >= 11 is 1.64. The Bertz CT molecular complexity index is 441. The van der Waals surface area contributed by atoms with Crippen LogP contribution in [0.25, 0.3) is 0 Å². The summed E-state index contributed by atoms with van der Waals surface area (Å²) in [6.45, 7) is 0.385. The Kier molecular flexibility index (Phi) is 2.55. The SMILES string of the molecule is O=C1[C@@H]2CSCN2C(=O)N1Cc1ccccc1. The van der Waals surface area contributed by atoms with Crippen LogP contribution in [0.4, 0.5) is 4.79 Å². The highest BCUT2D eigenvalue weighted by atomic mass is 32.2. The zero-order valence-electron chi connectivity index (χ0n) is 9.20. The van der Waals surface area contributed by atoms with Gasteiger partial charge in [-0.05, 0) is 5.56 Å². The van der Waals surface area contributed by atoms with Crippen LogP contribution in [0.15, 0.2) is 30.3 Å². The molecule has 2 aliphatic heterocycles. The van der Waals surface area contributed by atoms with Gasteiger partial charge in [-0.2, -0.15) is 0 Å². The smallest absolute Gasteiger partial charge is 0.302 e. The number of rotatable bonds is 2. The molecule has 1 atom stereocenters. The normalized spacial score (nSPS) is 23.4. The van der Waals surface area contributed by atoms with Crippen molar-refractivity contribution < 1.29 is 9.59 Å². The first kappa shape index (κ1) is 10.7. The van der Waals surface area contributed by atoms with Gasteiger partial charge in [0.1, 0.15) is 6.04 Å². The van der Waals surface area contributed by atoms with E-state index in [1.807, 2.05) is 30.3 Å². The number of imide groups is 1. The lowest BCUT2D eigenvalue weighted by Gasteiger charge is -2.15. The molecule has 17 heavy (non-hydrogen) atoms. The summed E-state index contributed by atoms with van der Waals surface area (Å²) in [5.41, 5.74) is 0.989. The molecule has 0 saturated carbocycles. The quantitative estimate of drug-likeness (QED) is 0.745. The van der Waals surface area contributed by atoms with E-state index in [1.54, 1.807) is 16.7 Å². The molecule has 0 aromatic heterocycles. The summed E-state index contributed by atoms with van der Waals surface area (Å²) in [4.78, 5) is 27.1. The summed E-state index contributed by atoms with van der Waals surface area (Å²) < 4.78 is 0. The van der Waals surface area contributed by atoms with Crippen molar-refractivity contribution in [2.24, 2.45) is 0 Å². The predicted molar refractivity (Wildman–Crippen MR) is 65.3 cm³/mol. The molecule has 3 amide bonds. The number of hydrogen-bond donors (Lipinski definition) is 0. The molecule has 4 nitrogen and oxygen atoms in total. The van der Waals surface area contributed by atoms with Gasteiger partial charge in [0.05, 0.1) is 12.4 Å². The summed E-state index contributed by atoms with van der Waals surface area (Å²) in [6.07, 6.45) is 0. The van der Waals surface area contributed by atoms with Gasteiger partial charge in [-0.1, -0.05) is 30.3 Å². The van der Waals surface area contributed by atoms with Gasteiger partial charge in [0, 0.05) is 5.75 Å². The second kappa shape index (κ2) is 4.07. The molecule has 0 spiro atoms. The Morgan fingerprint density at radius 1 is 1.24 bits per heavy atom. The Labute approximate surface area is 104 Å². The van der Waals surface area contributed by atoms with Gasteiger partial charge in [-0.15, -0.1) is 11.8 Å². The summed E-state index contributed by atoms with van der Waals surface area (Å²) in [5, 5.41) is 0. The van der Waals surface area contributed by atoms with Crippen LogP contribution in [0.1, 0.15) is 5.56 Å². The van der Waals surface area contributed by atoms with Gasteiger partial charge >= 0.3 is 6.03 Å². The van der Waals surface area contributed by atoms with Crippen molar-refractivity contribution in [3.05, 3.63) is 35.9 Å². The molecule has 88 valence electrons. The van der Waals surface area contributed by atoms with Gasteiger partial charge in [0.2, 0.25) is 0 Å². The fraction of sp³-hybridized carbons (Fsp3) is 0.333. The lowest BCUT2D eigenvalue weighted by Crippen LogP contribution is -2.32. The second-order valence-corrected chi connectivity index (χ2v) is 5.18. The monoisotopic (exact) mass is 248 g/mol. The third-order valence-corrected chi connectivity index (χ3v) is 4.11. The number of urea groups is 1. The van der Waals surface area contributed by atoms with Crippen molar-refractivity contribution >= 4 is 23.7 Å². The first-order valence-electron chi connectivity index (χ1n) is 5.51. The Balaban J connectivity index is 1.81. The van der Waals surface area contributed by atoms with Gasteiger partial charge in [0.25, 0.3) is 5.91 Å². The number of amides is 3. The third-order valence-electron chi connectivity index (χ3n) is 3.09. The molecule has 1 aromatic rings. The molecule has 0 aliphatic carbocycles. The van der Waals surface area contributed by atoms with Gasteiger partial charge < -0.3 is 4.90 Å². The molecule has 0 radical (unpaired) electrons. The maximum atomic E-state index is 12.1. The van der Waals surface area contributed by atoms with Crippen molar-refractivity contribution in [1.29, 1.82) is 0 Å². The van der Waals surface area contributed by atoms with Gasteiger partial charge in [-0.25, -0.2) is 4.79 Å². The van der Waals surface area contributed by atoms with Crippen LogP contribution in [0.5, 0.6) is 0 Å². The Hall–Kier alpha value is -1.49. The molecule has 2 heterocycles. The number of fused-ring (bicyclic) bond motifs is 1. The maximum absolute atomic E-state index is 12.1. The second-order valence-electron chi connectivity index (χ2n) is 4.18. The van der Waals surface area contributed by atoms with Crippen LogP contribution in [-0.2, 0) is 11.3 Å². The Morgan fingerprint density at radius 3 is 2.71 bits per heavy atom. The number of benzene rings is 1. The molecule has 0 unspecified atom stereocenters. The van der Waals surface area contributed by atoms with Crippen molar-refractivity contribution in [3.8, 4) is 0 Å². The number of thioether (sulfide) groups is 1. The number of carbonyl (C=O) groups is 2. The van der Waals surface area contributed by atoms with E-state index in [1.165, 1.54) is 4.90 Å². The zero-order chi connectivity index (χ0) is 11.8. The first-order valence-corrected chi connectivity index (χ1v) is 6.66. The predicted octanol–water partition coefficient (Wildman–Crippen LogP) is 1.52. The van der Waals surface area contributed by atoms with Crippen molar-refractivity contribution in [1.82, 2.24) is 9.80 Å². The van der Waals surface area contributed by atoms with Crippen LogP contribution in [0.2, 0.25) is 0 Å². The van der Waals surface area contributed by atoms with E-state index < -0.39 is 0 Å². The largest absolute Gasteiger partial charge is 0.328 e. The first-order chi connectivity index (χ1) is 8.27. The highest BCUT2D eigenvalue weighted by molar-refractivity contribution is 7.99. The fourth-order valence-electron chi connectivity index (χ4n) is 2.18. The summed E-state index contributed by atoms with van der Waals surface area (Å²) in [6, 6.07) is 9.24. The van der Waals surface area contributed by atoms with E-state index in [-0.39, 0.29) is 18.0 Å². The van der Waals surface area contributed by atoms with Gasteiger partial charge in [-0.3, -0.25) is 9.69 Å². The van der Waals surface area contributed by atoms with E-state index in [9.17, 15) is 9.59 Å². The molecule has 2 saturated heterocycles. The molecule has 1 aromatic carbocycles. The zero-order valence-corrected chi connectivity index (χ0v) is 10.0. The van der Waals surface area contributed by atoms with E-state index in [0.29, 0.717) is 12.4 Å². The average Bonchev–Trinajstić information content (AvgIpc) is 2.91. The third kappa shape index (κ3) is 1.70. The van der Waals surface area contributed by atoms with Crippen LogP contribution in [-0.4, -0.2) is 39.4 Å². The lowest BCUT2D eigenvalue weighted by molar-refractivity contribution is -0.127. The fourth-order valence-corrected chi connectivity index (χ4v) is 3.31. The molecule has 0 N–H and O–H groups in total. The highest BCUT2D eigenvalue weighted by Gasteiger charge is 2.47. The van der Waals surface area contributed by atoms with Crippen molar-refractivity contribution in [2.45, 2.75) is 12.6 Å². The van der Waals surface area contributed by atoms with E-state index in [4.69, 9.17) is 0 Å². The number of carbonyl (C=O) groups excluding carboxylic acids is 2. The minimum atomic E-state index is -0.226. The molecule has 0 bridgehead atoms. The van der Waals surface area contributed by atoms with E-state index >= 15 is 0 Å². The molecule has 5 heteroatoms. The molecule has 2 aliphatic rings. The minimum Gasteiger partial charge on any atom is -0.302 e.